The van der Waals surface area contributed by atoms with E-state index in [-0.39, 0.29) is 37.7 Å². The van der Waals surface area contributed by atoms with Crippen molar-refractivity contribution in [1.29, 1.82) is 0 Å². The molecule has 0 heterocycles. The quantitative estimate of drug-likeness (QED) is 0.222. The first-order valence-electron chi connectivity index (χ1n) is 10.3. The summed E-state index contributed by atoms with van der Waals surface area (Å²) in [5.41, 5.74) is 0. The van der Waals surface area contributed by atoms with Crippen LogP contribution in [-0.2, 0) is 9.59 Å². The molecule has 0 aliphatic heterocycles. The van der Waals surface area contributed by atoms with Crippen LogP contribution in [0.2, 0.25) is 0 Å². The van der Waals surface area contributed by atoms with Crippen LogP contribution in [0.5, 0.6) is 0 Å². The smallest absolute Gasteiger partial charge is 0.545 e. The molecule has 0 unspecified atom stereocenters. The Hall–Kier alpha value is -0.320. The Morgan fingerprint density at radius 3 is 1.19 bits per heavy atom. The van der Waals surface area contributed by atoms with E-state index in [9.17, 15) is 19.8 Å². The number of hydrogen-bond acceptors (Lipinski definition) is 4. The SMILES string of the molecule is CCCCCCCC/C=C/C(=O)[O-].CCCCCCCC/C=C/C(=O)[O-].[Ca+2]. The summed E-state index contributed by atoms with van der Waals surface area (Å²) in [6, 6.07) is 0. The van der Waals surface area contributed by atoms with Gasteiger partial charge in [0.1, 0.15) is 0 Å². The normalized spacial score (nSPS) is 10.4. The van der Waals surface area contributed by atoms with Gasteiger partial charge < -0.3 is 19.8 Å². The Balaban J connectivity index is -0.000000411. The Kier molecular flexibility index (Phi) is 32.4. The molecule has 0 saturated heterocycles. The fourth-order valence-electron chi connectivity index (χ4n) is 2.44. The van der Waals surface area contributed by atoms with E-state index in [1.54, 1.807) is 12.2 Å². The van der Waals surface area contributed by atoms with Crippen molar-refractivity contribution in [3.05, 3.63) is 24.3 Å². The fourth-order valence-corrected chi connectivity index (χ4v) is 2.44. The molecule has 0 rings (SSSR count). The van der Waals surface area contributed by atoms with Crippen LogP contribution in [0, 0.1) is 0 Å². The van der Waals surface area contributed by atoms with E-state index in [2.05, 4.69) is 13.8 Å². The first-order valence-corrected chi connectivity index (χ1v) is 10.3. The van der Waals surface area contributed by atoms with Crippen molar-refractivity contribution >= 4 is 49.7 Å². The molecule has 0 aliphatic rings. The van der Waals surface area contributed by atoms with Gasteiger partial charge in [-0.25, -0.2) is 0 Å². The third-order valence-corrected chi connectivity index (χ3v) is 3.96. The van der Waals surface area contributed by atoms with Crippen molar-refractivity contribution < 1.29 is 19.8 Å². The second-order valence-corrected chi connectivity index (χ2v) is 6.56. The summed E-state index contributed by atoms with van der Waals surface area (Å²) in [6.45, 7) is 4.39. The topological polar surface area (TPSA) is 80.3 Å². The van der Waals surface area contributed by atoms with E-state index in [4.69, 9.17) is 0 Å². The second kappa shape index (κ2) is 27.9. The molecule has 5 heteroatoms. The number of allylic oxidation sites excluding steroid dienone is 2. The third kappa shape index (κ3) is 37.2. The van der Waals surface area contributed by atoms with E-state index in [1.165, 1.54) is 64.2 Å². The molecule has 0 radical (unpaired) electrons. The number of unbranched alkanes of at least 4 members (excludes halogenated alkanes) is 12. The van der Waals surface area contributed by atoms with Crippen molar-refractivity contribution in [2.24, 2.45) is 0 Å². The Morgan fingerprint density at radius 2 is 0.889 bits per heavy atom. The molecule has 27 heavy (non-hydrogen) atoms. The summed E-state index contributed by atoms with van der Waals surface area (Å²) in [5.74, 6) is -2.18. The van der Waals surface area contributed by atoms with Gasteiger partial charge in [0.15, 0.2) is 0 Å². The van der Waals surface area contributed by atoms with Gasteiger partial charge in [0.2, 0.25) is 0 Å². The van der Waals surface area contributed by atoms with Crippen molar-refractivity contribution in [3.8, 4) is 0 Å². The first kappa shape index (κ1) is 31.4. The molecule has 152 valence electrons. The number of hydrogen-bond donors (Lipinski definition) is 0. The summed E-state index contributed by atoms with van der Waals surface area (Å²) < 4.78 is 0. The van der Waals surface area contributed by atoms with Crippen LogP contribution in [0.1, 0.15) is 104 Å². The van der Waals surface area contributed by atoms with E-state index >= 15 is 0 Å². The molecule has 0 aliphatic carbocycles. The molecular formula is C22H38CaO4. The average molecular weight is 407 g/mol. The fraction of sp³-hybridized carbons (Fsp3) is 0.727. The summed E-state index contributed by atoms with van der Waals surface area (Å²) in [7, 11) is 0. The standard InChI is InChI=1S/2C11H20O2.Ca/c2*1-2-3-4-5-6-7-8-9-10-11(12)13;/h2*9-10H,2-8H2,1H3,(H,12,13);/q;;+2/p-2/b2*10-9+;. The molecule has 0 atom stereocenters. The van der Waals surface area contributed by atoms with Gasteiger partial charge in [0.25, 0.3) is 0 Å². The van der Waals surface area contributed by atoms with Crippen molar-refractivity contribution in [3.63, 3.8) is 0 Å². The van der Waals surface area contributed by atoms with Gasteiger partial charge in [-0.05, 0) is 37.8 Å². The van der Waals surface area contributed by atoms with Crippen LogP contribution in [0.15, 0.2) is 24.3 Å². The van der Waals surface area contributed by atoms with Gasteiger partial charge in [0.05, 0.1) is 11.9 Å². The third-order valence-electron chi connectivity index (χ3n) is 3.96. The predicted molar refractivity (Wildman–Crippen MR) is 110 cm³/mol. The zero-order chi connectivity index (χ0) is 19.9. The molecule has 0 saturated carbocycles. The Morgan fingerprint density at radius 1 is 0.593 bits per heavy atom. The molecule has 0 amide bonds. The van der Waals surface area contributed by atoms with Gasteiger partial charge in [-0.2, -0.15) is 0 Å². The summed E-state index contributed by atoms with van der Waals surface area (Å²) in [6.07, 6.45) is 22.2. The molecule has 0 aromatic carbocycles. The molecule has 0 fully saturated rings. The van der Waals surface area contributed by atoms with Gasteiger partial charge >= 0.3 is 37.7 Å². The minimum absolute atomic E-state index is 0. The van der Waals surface area contributed by atoms with Gasteiger partial charge in [-0.15, -0.1) is 0 Å². The number of rotatable bonds is 16. The van der Waals surface area contributed by atoms with Crippen molar-refractivity contribution in [1.82, 2.24) is 0 Å². The number of carboxylic acids is 2. The zero-order valence-electron chi connectivity index (χ0n) is 17.5. The van der Waals surface area contributed by atoms with Crippen LogP contribution in [0.3, 0.4) is 0 Å². The van der Waals surface area contributed by atoms with Crippen LogP contribution in [-0.4, -0.2) is 49.7 Å². The predicted octanol–water partition coefficient (Wildman–Crippen LogP) is 3.71. The maximum absolute atomic E-state index is 9.98. The van der Waals surface area contributed by atoms with Crippen LogP contribution < -0.4 is 10.2 Å². The molecule has 0 spiro atoms. The average Bonchev–Trinajstić information content (AvgIpc) is 2.60. The van der Waals surface area contributed by atoms with Crippen LogP contribution in [0.4, 0.5) is 0 Å². The summed E-state index contributed by atoms with van der Waals surface area (Å²) in [5, 5.41) is 20.0. The molecule has 0 N–H and O–H groups in total. The minimum atomic E-state index is -1.09. The monoisotopic (exact) mass is 406 g/mol. The molecular weight excluding hydrogens is 368 g/mol. The maximum Gasteiger partial charge on any atom is 2.00 e. The summed E-state index contributed by atoms with van der Waals surface area (Å²) in [4.78, 5) is 20.0. The van der Waals surface area contributed by atoms with Gasteiger partial charge in [0, 0.05) is 0 Å². The Labute approximate surface area is 196 Å². The van der Waals surface area contributed by atoms with Gasteiger partial charge in [-0.3, -0.25) is 0 Å². The number of aliphatic carboxylic acids is 2. The van der Waals surface area contributed by atoms with Gasteiger partial charge in [-0.1, -0.05) is 90.2 Å². The molecule has 0 bridgehead atoms. The van der Waals surface area contributed by atoms with E-state index in [1.807, 2.05) is 0 Å². The molecule has 4 nitrogen and oxygen atoms in total. The largest absolute Gasteiger partial charge is 2.00 e. The maximum atomic E-state index is 9.98. The van der Waals surface area contributed by atoms with Crippen LogP contribution >= 0.6 is 0 Å². The van der Waals surface area contributed by atoms with E-state index < -0.39 is 11.9 Å². The summed E-state index contributed by atoms with van der Waals surface area (Å²) >= 11 is 0. The second-order valence-electron chi connectivity index (χ2n) is 6.56. The van der Waals surface area contributed by atoms with E-state index in [0.29, 0.717) is 0 Å². The van der Waals surface area contributed by atoms with Crippen molar-refractivity contribution in [2.45, 2.75) is 104 Å². The minimum Gasteiger partial charge on any atom is -0.545 e. The van der Waals surface area contributed by atoms with E-state index in [0.717, 1.165) is 37.8 Å². The first-order chi connectivity index (χ1) is 12.5. The number of carbonyl (C=O) groups excluding carboxylic acids is 2. The van der Waals surface area contributed by atoms with Crippen molar-refractivity contribution in [2.75, 3.05) is 0 Å². The number of carboxylic acid groups (broad SMARTS) is 2. The van der Waals surface area contributed by atoms with Crippen LogP contribution in [0.25, 0.3) is 0 Å². The Bertz CT molecular complexity index is 343. The molecule has 0 aromatic heterocycles. The zero-order valence-corrected chi connectivity index (χ0v) is 19.8. The number of carbonyl (C=O) groups is 2. The molecule has 0 aromatic rings.